The van der Waals surface area contributed by atoms with Gasteiger partial charge >= 0.3 is 11.9 Å². The fourth-order valence-electron chi connectivity index (χ4n) is 4.62. The number of nitrogens with one attached hydrogen (secondary N) is 1. The highest BCUT2D eigenvalue weighted by Gasteiger charge is 2.47. The van der Waals surface area contributed by atoms with Crippen molar-refractivity contribution < 1.29 is 33.3 Å². The molecule has 1 aromatic rings. The second kappa shape index (κ2) is 11.3. The molecule has 8 nitrogen and oxygen atoms in total. The number of rotatable bonds is 9. The summed E-state index contributed by atoms with van der Waals surface area (Å²) in [5.41, 5.74) is 2.82. The van der Waals surface area contributed by atoms with Crippen LogP contribution in [-0.2, 0) is 28.6 Å². The summed E-state index contributed by atoms with van der Waals surface area (Å²) in [6.45, 7) is 8.84. The molecule has 0 saturated heterocycles. The molecule has 3 atom stereocenters. The molecule has 1 heterocycles. The van der Waals surface area contributed by atoms with Crippen molar-refractivity contribution in [1.29, 1.82) is 0 Å². The highest BCUT2D eigenvalue weighted by Crippen LogP contribution is 2.45. The van der Waals surface area contributed by atoms with Gasteiger partial charge in [-0.25, -0.2) is 4.79 Å². The minimum absolute atomic E-state index is 0.0983. The molecule has 0 radical (unpaired) electrons. The molecule has 0 spiro atoms. The van der Waals surface area contributed by atoms with Crippen LogP contribution in [0, 0.1) is 11.8 Å². The normalized spacial score (nSPS) is 22.1. The van der Waals surface area contributed by atoms with Gasteiger partial charge in [0.2, 0.25) is 0 Å². The molecule has 1 aliphatic heterocycles. The number of allylic oxidation sites excluding steroid dienone is 3. The standard InChI is InChI=1S/C26H33NO7/c1-6-32-12-13-34-26(30)21-16(4)27-19-14-15(3)20(25(29)31-5)24(28)23(19)22(21)17-8-10-18(11-9-17)33-7-2/h8-11,15,20,22,27H,6-7,12-14H2,1-5H3/t15-,20-,22+/m1/s1. The van der Waals surface area contributed by atoms with E-state index in [4.69, 9.17) is 18.9 Å². The summed E-state index contributed by atoms with van der Waals surface area (Å²) in [5.74, 6) is -2.59. The number of dihydropyridines is 1. The average molecular weight is 472 g/mol. The number of carbonyl (C=O) groups is 3. The molecular weight excluding hydrogens is 438 g/mol. The first-order valence-electron chi connectivity index (χ1n) is 11.6. The second-order valence-electron chi connectivity index (χ2n) is 8.37. The van der Waals surface area contributed by atoms with Gasteiger partial charge in [0, 0.05) is 29.5 Å². The predicted octanol–water partition coefficient (Wildman–Crippen LogP) is 3.28. The van der Waals surface area contributed by atoms with Crippen molar-refractivity contribution >= 4 is 17.7 Å². The van der Waals surface area contributed by atoms with Gasteiger partial charge in [-0.1, -0.05) is 19.1 Å². The third kappa shape index (κ3) is 5.17. The van der Waals surface area contributed by atoms with Crippen molar-refractivity contribution in [3.8, 4) is 5.75 Å². The Morgan fingerprint density at radius 3 is 2.41 bits per heavy atom. The summed E-state index contributed by atoms with van der Waals surface area (Å²) in [7, 11) is 1.28. The average Bonchev–Trinajstić information content (AvgIpc) is 2.81. The largest absolute Gasteiger partial charge is 0.494 e. The van der Waals surface area contributed by atoms with Gasteiger partial charge in [0.15, 0.2) is 5.78 Å². The molecule has 0 aromatic heterocycles. The van der Waals surface area contributed by atoms with Crippen LogP contribution >= 0.6 is 0 Å². The van der Waals surface area contributed by atoms with E-state index in [-0.39, 0.29) is 24.9 Å². The Labute approximate surface area is 200 Å². The van der Waals surface area contributed by atoms with Gasteiger partial charge in [-0.05, 0) is 50.8 Å². The van der Waals surface area contributed by atoms with Crippen LogP contribution in [0.3, 0.4) is 0 Å². The number of esters is 2. The van der Waals surface area contributed by atoms with Crippen molar-refractivity contribution in [2.24, 2.45) is 11.8 Å². The highest BCUT2D eigenvalue weighted by atomic mass is 16.6. The third-order valence-electron chi connectivity index (χ3n) is 6.15. The van der Waals surface area contributed by atoms with E-state index in [1.54, 1.807) is 6.92 Å². The molecule has 0 amide bonds. The molecule has 3 rings (SSSR count). The summed E-state index contributed by atoms with van der Waals surface area (Å²) < 4.78 is 21.2. The number of Topliss-reactive ketones (excluding diaryl/α,β-unsaturated/α-hetero) is 1. The first-order valence-corrected chi connectivity index (χ1v) is 11.6. The van der Waals surface area contributed by atoms with Crippen molar-refractivity contribution in [1.82, 2.24) is 5.32 Å². The zero-order valence-corrected chi connectivity index (χ0v) is 20.4. The fourth-order valence-corrected chi connectivity index (χ4v) is 4.62. The van der Waals surface area contributed by atoms with Gasteiger partial charge in [-0.2, -0.15) is 0 Å². The molecule has 1 N–H and O–H groups in total. The first-order chi connectivity index (χ1) is 16.3. The third-order valence-corrected chi connectivity index (χ3v) is 6.15. The molecule has 0 bridgehead atoms. The SMILES string of the molecule is CCOCCOC(=O)C1=C(C)NC2=C(C(=O)[C@H](C(=O)OC)[C@H](C)C2)[C@H]1c1ccc(OCC)cc1. The molecular formula is C26H33NO7. The predicted molar refractivity (Wildman–Crippen MR) is 125 cm³/mol. The number of hydrogen-bond donors (Lipinski definition) is 1. The number of carbonyl (C=O) groups excluding carboxylic acids is 3. The van der Waals surface area contributed by atoms with E-state index in [1.807, 2.05) is 45.0 Å². The Kier molecular flexibility index (Phi) is 8.50. The van der Waals surface area contributed by atoms with Gasteiger partial charge in [0.05, 0.1) is 25.9 Å². The Hall–Kier alpha value is -3.13. The van der Waals surface area contributed by atoms with E-state index in [0.717, 1.165) is 11.3 Å². The summed E-state index contributed by atoms with van der Waals surface area (Å²) in [4.78, 5) is 39.4. The van der Waals surface area contributed by atoms with Gasteiger partial charge in [-0.15, -0.1) is 0 Å². The topological polar surface area (TPSA) is 100 Å². The summed E-state index contributed by atoms with van der Waals surface area (Å²) in [5, 5.41) is 3.25. The van der Waals surface area contributed by atoms with Crippen molar-refractivity contribution in [3.63, 3.8) is 0 Å². The van der Waals surface area contributed by atoms with Crippen LogP contribution in [-0.4, -0.2) is 51.3 Å². The summed E-state index contributed by atoms with van der Waals surface area (Å²) in [6.07, 6.45) is 0.485. The Morgan fingerprint density at radius 2 is 1.79 bits per heavy atom. The first kappa shape index (κ1) is 25.5. The number of hydrogen-bond acceptors (Lipinski definition) is 8. The zero-order valence-electron chi connectivity index (χ0n) is 20.4. The van der Waals surface area contributed by atoms with Crippen molar-refractivity contribution in [2.45, 2.75) is 40.0 Å². The van der Waals surface area contributed by atoms with Crippen LogP contribution in [0.5, 0.6) is 5.75 Å². The molecule has 2 aliphatic rings. The molecule has 8 heteroatoms. The van der Waals surface area contributed by atoms with Crippen LogP contribution in [0.2, 0.25) is 0 Å². The van der Waals surface area contributed by atoms with Crippen LogP contribution in [0.15, 0.2) is 46.8 Å². The molecule has 0 fully saturated rings. The van der Waals surface area contributed by atoms with Crippen LogP contribution in [0.1, 0.15) is 45.6 Å². The quantitative estimate of drug-likeness (QED) is 0.333. The number of benzene rings is 1. The van der Waals surface area contributed by atoms with E-state index in [9.17, 15) is 14.4 Å². The zero-order chi connectivity index (χ0) is 24.8. The molecule has 184 valence electrons. The lowest BCUT2D eigenvalue weighted by Gasteiger charge is -2.38. The maximum Gasteiger partial charge on any atom is 0.336 e. The van der Waals surface area contributed by atoms with Crippen LogP contribution in [0.25, 0.3) is 0 Å². The lowest BCUT2D eigenvalue weighted by Crippen LogP contribution is -2.43. The minimum atomic E-state index is -0.927. The maximum atomic E-state index is 13.7. The Bertz CT molecular complexity index is 993. The highest BCUT2D eigenvalue weighted by molar-refractivity contribution is 6.12. The molecule has 1 aromatic carbocycles. The van der Waals surface area contributed by atoms with Crippen molar-refractivity contribution in [3.05, 3.63) is 52.4 Å². The fraction of sp³-hybridized carbons (Fsp3) is 0.500. The lowest BCUT2D eigenvalue weighted by atomic mass is 9.69. The number of ketones is 1. The molecule has 0 saturated carbocycles. The number of methoxy groups -OCH3 is 1. The van der Waals surface area contributed by atoms with E-state index < -0.39 is 23.8 Å². The van der Waals surface area contributed by atoms with Crippen LogP contribution in [0.4, 0.5) is 0 Å². The van der Waals surface area contributed by atoms with Gasteiger partial charge in [0.1, 0.15) is 18.3 Å². The minimum Gasteiger partial charge on any atom is -0.494 e. The van der Waals surface area contributed by atoms with E-state index in [2.05, 4.69) is 5.32 Å². The molecule has 1 aliphatic carbocycles. The van der Waals surface area contributed by atoms with E-state index in [1.165, 1.54) is 7.11 Å². The molecule has 0 unspecified atom stereocenters. The monoisotopic (exact) mass is 471 g/mol. The Morgan fingerprint density at radius 1 is 1.09 bits per heavy atom. The molecule has 34 heavy (non-hydrogen) atoms. The van der Waals surface area contributed by atoms with E-state index in [0.29, 0.717) is 42.2 Å². The van der Waals surface area contributed by atoms with Gasteiger partial charge in [-0.3, -0.25) is 9.59 Å². The van der Waals surface area contributed by atoms with Gasteiger partial charge < -0.3 is 24.3 Å². The number of ether oxygens (including phenoxy) is 4. The smallest absolute Gasteiger partial charge is 0.336 e. The van der Waals surface area contributed by atoms with Crippen LogP contribution < -0.4 is 10.1 Å². The summed E-state index contributed by atoms with van der Waals surface area (Å²) >= 11 is 0. The lowest BCUT2D eigenvalue weighted by molar-refractivity contribution is -0.151. The van der Waals surface area contributed by atoms with Gasteiger partial charge in [0.25, 0.3) is 0 Å². The second-order valence-corrected chi connectivity index (χ2v) is 8.37. The maximum absolute atomic E-state index is 13.7. The summed E-state index contributed by atoms with van der Waals surface area (Å²) in [6, 6.07) is 7.29. The van der Waals surface area contributed by atoms with E-state index >= 15 is 0 Å². The Balaban J connectivity index is 2.06. The van der Waals surface area contributed by atoms with Crippen molar-refractivity contribution in [2.75, 3.05) is 33.5 Å².